The van der Waals surface area contributed by atoms with Gasteiger partial charge in [-0.15, -0.1) is 0 Å². The third-order valence-electron chi connectivity index (χ3n) is 3.48. The molecule has 2 aliphatic rings. The fourth-order valence-corrected chi connectivity index (χ4v) is 2.50. The third kappa shape index (κ3) is 2.07. The predicted octanol–water partition coefficient (Wildman–Crippen LogP) is -0.454. The van der Waals surface area contributed by atoms with Gasteiger partial charge in [-0.05, 0) is 38.9 Å². The molecule has 0 aromatic heterocycles. The van der Waals surface area contributed by atoms with E-state index >= 15 is 0 Å². The molecule has 4 nitrogen and oxygen atoms in total. The minimum absolute atomic E-state index is 0.116. The Hall–Kier alpha value is -0.610. The summed E-state index contributed by atoms with van der Waals surface area (Å²) in [4.78, 5) is 13.5. The van der Waals surface area contributed by atoms with Gasteiger partial charge in [0.25, 0.3) is 0 Å². The molecule has 0 aromatic rings. The monoisotopic (exact) mass is 197 g/mol. The zero-order valence-corrected chi connectivity index (χ0v) is 8.54. The van der Waals surface area contributed by atoms with Crippen molar-refractivity contribution in [1.82, 2.24) is 10.2 Å². The lowest BCUT2D eigenvalue weighted by Crippen LogP contribution is -2.44. The first-order valence-electron chi connectivity index (χ1n) is 5.51. The Morgan fingerprint density at radius 2 is 2.00 bits per heavy atom. The van der Waals surface area contributed by atoms with Crippen molar-refractivity contribution in [3.63, 3.8) is 0 Å². The number of piperidine rings is 1. The van der Waals surface area contributed by atoms with Crippen LogP contribution in [0.1, 0.15) is 19.3 Å². The van der Waals surface area contributed by atoms with Crippen molar-refractivity contribution in [2.45, 2.75) is 25.3 Å². The summed E-state index contributed by atoms with van der Waals surface area (Å²) in [6, 6.07) is 0.698. The number of nitrogens with one attached hydrogen (secondary N) is 1. The molecule has 4 heteroatoms. The highest BCUT2D eigenvalue weighted by molar-refractivity contribution is 5.76. The second kappa shape index (κ2) is 4.28. The first kappa shape index (κ1) is 9.93. The topological polar surface area (TPSA) is 58.4 Å². The van der Waals surface area contributed by atoms with Crippen LogP contribution in [0.4, 0.5) is 0 Å². The fraction of sp³-hybridized carbons (Fsp3) is 0.900. The highest BCUT2D eigenvalue weighted by Crippen LogP contribution is 2.20. The van der Waals surface area contributed by atoms with Crippen LogP contribution in [0.2, 0.25) is 0 Å². The van der Waals surface area contributed by atoms with Gasteiger partial charge in [0.1, 0.15) is 0 Å². The summed E-state index contributed by atoms with van der Waals surface area (Å²) in [5.74, 6) is 0.00908. The van der Waals surface area contributed by atoms with Crippen LogP contribution >= 0.6 is 0 Å². The number of likely N-dealkylation sites (tertiary alicyclic amines) is 1. The average molecular weight is 197 g/mol. The average Bonchev–Trinajstić information content (AvgIpc) is 2.71. The van der Waals surface area contributed by atoms with E-state index in [0.29, 0.717) is 6.04 Å². The Balaban J connectivity index is 1.80. The molecule has 80 valence electrons. The van der Waals surface area contributed by atoms with Gasteiger partial charge in [0.05, 0.1) is 0 Å². The number of primary amides is 1. The molecule has 2 saturated heterocycles. The van der Waals surface area contributed by atoms with Crippen LogP contribution in [-0.4, -0.2) is 43.0 Å². The molecule has 0 bridgehead atoms. The summed E-state index contributed by atoms with van der Waals surface area (Å²) in [6.45, 7) is 4.33. The summed E-state index contributed by atoms with van der Waals surface area (Å²) in [5.41, 5.74) is 5.30. The Morgan fingerprint density at radius 3 is 2.50 bits per heavy atom. The van der Waals surface area contributed by atoms with E-state index in [-0.39, 0.29) is 11.8 Å². The molecule has 1 atom stereocenters. The number of carbonyl (C=O) groups is 1. The van der Waals surface area contributed by atoms with Gasteiger partial charge in [0.15, 0.2) is 0 Å². The van der Waals surface area contributed by atoms with Gasteiger partial charge in [0.2, 0.25) is 5.91 Å². The van der Waals surface area contributed by atoms with Crippen molar-refractivity contribution in [1.29, 1.82) is 0 Å². The smallest absolute Gasteiger partial charge is 0.220 e. The summed E-state index contributed by atoms with van der Waals surface area (Å²) in [6.07, 6.45) is 3.15. The van der Waals surface area contributed by atoms with Crippen molar-refractivity contribution in [2.24, 2.45) is 11.7 Å². The van der Waals surface area contributed by atoms with E-state index in [0.717, 1.165) is 39.0 Å². The molecule has 2 fully saturated rings. The standard InChI is InChI=1S/C10H19N3O/c11-10(14)8-2-5-13(6-3-8)9-1-4-12-7-9/h8-9,12H,1-7H2,(H2,11,14)/t9-/m0/s1. The molecule has 2 heterocycles. The Morgan fingerprint density at radius 1 is 1.29 bits per heavy atom. The van der Waals surface area contributed by atoms with E-state index in [9.17, 15) is 4.79 Å². The van der Waals surface area contributed by atoms with E-state index in [2.05, 4.69) is 10.2 Å². The van der Waals surface area contributed by atoms with E-state index in [1.807, 2.05) is 0 Å². The summed E-state index contributed by atoms with van der Waals surface area (Å²) in [5, 5.41) is 3.37. The Bertz CT molecular complexity index is 205. The summed E-state index contributed by atoms with van der Waals surface area (Å²) in [7, 11) is 0. The SMILES string of the molecule is NC(=O)C1CCN([C@H]2CCNC2)CC1. The molecular formula is C10H19N3O. The van der Waals surface area contributed by atoms with Crippen molar-refractivity contribution >= 4 is 5.91 Å². The summed E-state index contributed by atoms with van der Waals surface area (Å²) >= 11 is 0. The van der Waals surface area contributed by atoms with E-state index < -0.39 is 0 Å². The van der Waals surface area contributed by atoms with Gasteiger partial charge in [-0.1, -0.05) is 0 Å². The molecule has 2 rings (SSSR count). The fourth-order valence-electron chi connectivity index (χ4n) is 2.50. The minimum atomic E-state index is -0.116. The van der Waals surface area contributed by atoms with E-state index in [1.54, 1.807) is 0 Å². The second-order valence-corrected chi connectivity index (χ2v) is 4.36. The predicted molar refractivity (Wildman–Crippen MR) is 54.8 cm³/mol. The number of carbonyl (C=O) groups excluding carboxylic acids is 1. The van der Waals surface area contributed by atoms with Gasteiger partial charge in [-0.3, -0.25) is 9.69 Å². The molecule has 3 N–H and O–H groups in total. The number of hydrogen-bond donors (Lipinski definition) is 2. The van der Waals surface area contributed by atoms with Crippen LogP contribution in [0.3, 0.4) is 0 Å². The lowest BCUT2D eigenvalue weighted by Gasteiger charge is -2.34. The highest BCUT2D eigenvalue weighted by atomic mass is 16.1. The zero-order chi connectivity index (χ0) is 9.97. The number of amides is 1. The zero-order valence-electron chi connectivity index (χ0n) is 8.54. The van der Waals surface area contributed by atoms with Crippen LogP contribution in [0.25, 0.3) is 0 Å². The number of nitrogens with two attached hydrogens (primary N) is 1. The molecular weight excluding hydrogens is 178 g/mol. The molecule has 0 radical (unpaired) electrons. The van der Waals surface area contributed by atoms with Gasteiger partial charge in [0, 0.05) is 18.5 Å². The highest BCUT2D eigenvalue weighted by Gasteiger charge is 2.28. The van der Waals surface area contributed by atoms with Crippen molar-refractivity contribution in [3.05, 3.63) is 0 Å². The maximum atomic E-state index is 11.0. The molecule has 0 aliphatic carbocycles. The van der Waals surface area contributed by atoms with Crippen LogP contribution < -0.4 is 11.1 Å². The third-order valence-corrected chi connectivity index (χ3v) is 3.48. The van der Waals surface area contributed by atoms with Crippen LogP contribution in [0, 0.1) is 5.92 Å². The van der Waals surface area contributed by atoms with E-state index in [4.69, 9.17) is 5.73 Å². The normalized spacial score (nSPS) is 30.7. The molecule has 1 amide bonds. The largest absolute Gasteiger partial charge is 0.369 e. The second-order valence-electron chi connectivity index (χ2n) is 4.36. The maximum absolute atomic E-state index is 11.0. The molecule has 0 saturated carbocycles. The lowest BCUT2D eigenvalue weighted by molar-refractivity contribution is -0.123. The van der Waals surface area contributed by atoms with Crippen molar-refractivity contribution in [2.75, 3.05) is 26.2 Å². The maximum Gasteiger partial charge on any atom is 0.220 e. The van der Waals surface area contributed by atoms with Gasteiger partial charge in [-0.2, -0.15) is 0 Å². The van der Waals surface area contributed by atoms with E-state index in [1.165, 1.54) is 6.42 Å². The quantitative estimate of drug-likeness (QED) is 0.630. The minimum Gasteiger partial charge on any atom is -0.369 e. The Kier molecular flexibility index (Phi) is 3.03. The lowest BCUT2D eigenvalue weighted by atomic mass is 9.95. The van der Waals surface area contributed by atoms with Crippen LogP contribution in [0.15, 0.2) is 0 Å². The molecule has 0 spiro atoms. The first-order chi connectivity index (χ1) is 6.77. The van der Waals surface area contributed by atoms with Crippen molar-refractivity contribution in [3.8, 4) is 0 Å². The van der Waals surface area contributed by atoms with Crippen LogP contribution in [-0.2, 0) is 4.79 Å². The number of rotatable bonds is 2. The molecule has 0 unspecified atom stereocenters. The van der Waals surface area contributed by atoms with Crippen molar-refractivity contribution < 1.29 is 4.79 Å². The van der Waals surface area contributed by atoms with Crippen LogP contribution in [0.5, 0.6) is 0 Å². The summed E-state index contributed by atoms with van der Waals surface area (Å²) < 4.78 is 0. The van der Waals surface area contributed by atoms with Gasteiger partial charge in [-0.25, -0.2) is 0 Å². The molecule has 0 aromatic carbocycles. The molecule has 2 aliphatic heterocycles. The number of nitrogens with zero attached hydrogens (tertiary/aromatic N) is 1. The first-order valence-corrected chi connectivity index (χ1v) is 5.51. The molecule has 14 heavy (non-hydrogen) atoms. The number of hydrogen-bond acceptors (Lipinski definition) is 3. The Labute approximate surface area is 84.8 Å². The van der Waals surface area contributed by atoms with Gasteiger partial charge < -0.3 is 11.1 Å². The van der Waals surface area contributed by atoms with Gasteiger partial charge >= 0.3 is 0 Å².